The molecule has 0 amide bonds. The molecule has 1 aromatic heterocycles. The molecule has 0 bridgehead atoms. The minimum absolute atomic E-state index is 0.0755. The predicted molar refractivity (Wildman–Crippen MR) is 126 cm³/mol. The fraction of sp³-hybridized carbons (Fsp3) is 0. The van der Waals surface area contributed by atoms with E-state index >= 15 is 0 Å². The Labute approximate surface area is 199 Å². The van der Waals surface area contributed by atoms with Crippen LogP contribution in [0.1, 0.15) is 11.4 Å². The number of anilines is 2. The average molecular weight is 495 g/mol. The second kappa shape index (κ2) is 10.8. The highest BCUT2D eigenvalue weighted by Gasteiger charge is 2.20. The molecule has 0 aliphatic rings. The normalized spacial score (nSPS) is 10.9. The van der Waals surface area contributed by atoms with Gasteiger partial charge in [0.2, 0.25) is 0 Å². The molecule has 3 aromatic rings. The highest BCUT2D eigenvalue weighted by atomic mass is 16.6. The number of nitrogens with zero attached hydrogens (tertiary/aromatic N) is 7. The lowest BCUT2D eigenvalue weighted by Crippen LogP contribution is -2.00. The molecule has 0 spiro atoms. The third kappa shape index (κ3) is 6.13. The SMILES string of the molecule is O=[N+]([O-])c1ccc(N/N=C/c2cccc(/C=N/Nc3ccc([N+](=O)[O-])cc3[N+](=O)[O-])n2)c([N+](=O)[O-])c1. The number of hydrazone groups is 2. The Balaban J connectivity index is 1.71. The van der Waals surface area contributed by atoms with Gasteiger partial charge in [-0.15, -0.1) is 0 Å². The van der Waals surface area contributed by atoms with Crippen LogP contribution in [0.2, 0.25) is 0 Å². The molecule has 0 radical (unpaired) electrons. The van der Waals surface area contributed by atoms with E-state index in [4.69, 9.17) is 0 Å². The quantitative estimate of drug-likeness (QED) is 0.234. The van der Waals surface area contributed by atoms with Crippen molar-refractivity contribution in [2.75, 3.05) is 10.9 Å². The van der Waals surface area contributed by atoms with E-state index in [0.29, 0.717) is 11.4 Å². The average Bonchev–Trinajstić information content (AvgIpc) is 2.84. The molecular formula is C19H13N9O8. The van der Waals surface area contributed by atoms with Crippen LogP contribution in [0.3, 0.4) is 0 Å². The van der Waals surface area contributed by atoms with Crippen LogP contribution in [0.15, 0.2) is 64.8 Å². The molecule has 17 nitrogen and oxygen atoms in total. The van der Waals surface area contributed by atoms with Crippen molar-refractivity contribution in [1.82, 2.24) is 4.98 Å². The lowest BCUT2D eigenvalue weighted by Gasteiger charge is -2.02. The van der Waals surface area contributed by atoms with Crippen LogP contribution < -0.4 is 10.9 Å². The largest absolute Gasteiger partial charge is 0.301 e. The molecule has 0 unspecified atom stereocenters. The Morgan fingerprint density at radius 1 is 0.639 bits per heavy atom. The standard InChI is InChI=1S/C19H13N9O8/c29-25(30)14-4-6-16(18(8-14)27(33)34)23-20-10-12-2-1-3-13(22-12)11-21-24-17-7-5-15(26(31)32)9-19(17)28(35)36/h1-11,23-24H/b20-10+,21-11+. The fourth-order valence-corrected chi connectivity index (χ4v) is 2.71. The van der Waals surface area contributed by atoms with Crippen molar-refractivity contribution in [1.29, 1.82) is 0 Å². The van der Waals surface area contributed by atoms with Crippen molar-refractivity contribution in [2.24, 2.45) is 10.2 Å². The first-order valence-corrected chi connectivity index (χ1v) is 9.56. The van der Waals surface area contributed by atoms with Gasteiger partial charge in [-0.25, -0.2) is 4.98 Å². The van der Waals surface area contributed by atoms with E-state index < -0.39 is 42.4 Å². The van der Waals surface area contributed by atoms with Gasteiger partial charge in [0.25, 0.3) is 11.4 Å². The monoisotopic (exact) mass is 495 g/mol. The molecule has 36 heavy (non-hydrogen) atoms. The molecule has 2 aromatic carbocycles. The molecule has 0 atom stereocenters. The topological polar surface area (TPSA) is 234 Å². The molecular weight excluding hydrogens is 482 g/mol. The summed E-state index contributed by atoms with van der Waals surface area (Å²) >= 11 is 0. The summed E-state index contributed by atoms with van der Waals surface area (Å²) in [6.07, 6.45) is 2.47. The Hall–Kier alpha value is -5.87. The third-order valence-electron chi connectivity index (χ3n) is 4.33. The Morgan fingerprint density at radius 2 is 1.06 bits per heavy atom. The highest BCUT2D eigenvalue weighted by molar-refractivity contribution is 5.83. The molecule has 1 heterocycles. The zero-order valence-electron chi connectivity index (χ0n) is 17.7. The van der Waals surface area contributed by atoms with Gasteiger partial charge < -0.3 is 0 Å². The van der Waals surface area contributed by atoms with Gasteiger partial charge in [0, 0.05) is 12.1 Å². The van der Waals surface area contributed by atoms with Gasteiger partial charge in [-0.3, -0.25) is 51.3 Å². The number of nitro benzene ring substituents is 4. The summed E-state index contributed by atoms with van der Waals surface area (Å²) in [6, 6.07) is 10.8. The Bertz CT molecular complexity index is 1320. The van der Waals surface area contributed by atoms with Gasteiger partial charge >= 0.3 is 11.4 Å². The smallest absolute Gasteiger partial charge is 0.272 e. The maximum absolute atomic E-state index is 11.2. The van der Waals surface area contributed by atoms with Crippen LogP contribution in [0, 0.1) is 40.5 Å². The highest BCUT2D eigenvalue weighted by Crippen LogP contribution is 2.29. The first-order valence-electron chi connectivity index (χ1n) is 9.56. The van der Waals surface area contributed by atoms with Gasteiger partial charge in [0.1, 0.15) is 11.4 Å². The van der Waals surface area contributed by atoms with Gasteiger partial charge in [-0.1, -0.05) is 6.07 Å². The van der Waals surface area contributed by atoms with E-state index in [9.17, 15) is 40.5 Å². The number of aromatic nitrogens is 1. The minimum Gasteiger partial charge on any atom is -0.272 e. The molecule has 17 heteroatoms. The first-order chi connectivity index (χ1) is 17.2. The third-order valence-corrected chi connectivity index (χ3v) is 4.33. The summed E-state index contributed by atoms with van der Waals surface area (Å²) in [5.41, 5.74) is 3.34. The summed E-state index contributed by atoms with van der Waals surface area (Å²) < 4.78 is 0. The molecule has 0 aliphatic heterocycles. The Kier molecular flexibility index (Phi) is 7.45. The summed E-state index contributed by atoms with van der Waals surface area (Å²) in [4.78, 5) is 45.1. The molecule has 182 valence electrons. The number of non-ortho nitro benzene ring substituents is 2. The summed E-state index contributed by atoms with van der Waals surface area (Å²) in [6.45, 7) is 0. The van der Waals surface area contributed by atoms with E-state index in [1.807, 2.05) is 0 Å². The van der Waals surface area contributed by atoms with Crippen LogP contribution in [0.5, 0.6) is 0 Å². The second-order valence-corrected chi connectivity index (χ2v) is 6.66. The summed E-state index contributed by atoms with van der Waals surface area (Å²) in [7, 11) is 0. The van der Waals surface area contributed by atoms with E-state index in [-0.39, 0.29) is 11.4 Å². The van der Waals surface area contributed by atoms with Gasteiger partial charge in [-0.2, -0.15) is 10.2 Å². The van der Waals surface area contributed by atoms with Crippen molar-refractivity contribution in [2.45, 2.75) is 0 Å². The number of hydrogen-bond acceptors (Lipinski definition) is 13. The molecule has 3 rings (SSSR count). The van der Waals surface area contributed by atoms with Crippen LogP contribution in [-0.2, 0) is 0 Å². The lowest BCUT2D eigenvalue weighted by atomic mass is 10.2. The van der Waals surface area contributed by atoms with Crippen molar-refractivity contribution >= 4 is 46.6 Å². The van der Waals surface area contributed by atoms with Gasteiger partial charge in [-0.05, 0) is 24.3 Å². The zero-order chi connectivity index (χ0) is 26.2. The fourth-order valence-electron chi connectivity index (χ4n) is 2.71. The van der Waals surface area contributed by atoms with Crippen molar-refractivity contribution in [3.63, 3.8) is 0 Å². The van der Waals surface area contributed by atoms with Crippen molar-refractivity contribution in [3.8, 4) is 0 Å². The number of pyridine rings is 1. The number of nitro groups is 4. The van der Waals surface area contributed by atoms with E-state index in [1.165, 1.54) is 12.4 Å². The molecule has 0 saturated carbocycles. The first kappa shape index (κ1) is 24.8. The van der Waals surface area contributed by atoms with E-state index in [2.05, 4.69) is 26.0 Å². The molecule has 0 saturated heterocycles. The maximum Gasteiger partial charge on any atom is 0.301 e. The number of benzene rings is 2. The maximum atomic E-state index is 11.2. The van der Waals surface area contributed by atoms with Crippen LogP contribution in [0.4, 0.5) is 34.1 Å². The van der Waals surface area contributed by atoms with E-state index in [1.54, 1.807) is 18.2 Å². The second-order valence-electron chi connectivity index (χ2n) is 6.66. The van der Waals surface area contributed by atoms with E-state index in [0.717, 1.165) is 36.4 Å². The van der Waals surface area contributed by atoms with Gasteiger partial charge in [0.15, 0.2) is 0 Å². The van der Waals surface area contributed by atoms with Crippen molar-refractivity contribution in [3.05, 3.63) is 106 Å². The molecule has 0 fully saturated rings. The molecule has 0 aliphatic carbocycles. The summed E-state index contributed by atoms with van der Waals surface area (Å²) in [5.74, 6) is 0. The van der Waals surface area contributed by atoms with Crippen molar-refractivity contribution < 1.29 is 19.7 Å². The predicted octanol–water partition coefficient (Wildman–Crippen LogP) is 3.61. The number of hydrogen-bond donors (Lipinski definition) is 2. The Morgan fingerprint density at radius 3 is 1.42 bits per heavy atom. The van der Waals surface area contributed by atoms with Crippen LogP contribution in [-0.4, -0.2) is 37.1 Å². The minimum atomic E-state index is -0.789. The zero-order valence-corrected chi connectivity index (χ0v) is 17.7. The number of nitrogens with one attached hydrogen (secondary N) is 2. The number of rotatable bonds is 10. The summed E-state index contributed by atoms with van der Waals surface area (Å²) in [5, 5.41) is 51.7. The molecule has 2 N–H and O–H groups in total. The lowest BCUT2D eigenvalue weighted by molar-refractivity contribution is -0.393. The van der Waals surface area contributed by atoms with Gasteiger partial charge in [0.05, 0.1) is 55.6 Å². The van der Waals surface area contributed by atoms with Crippen LogP contribution >= 0.6 is 0 Å². The van der Waals surface area contributed by atoms with Crippen LogP contribution in [0.25, 0.3) is 0 Å².